The van der Waals surface area contributed by atoms with Crippen molar-refractivity contribution in [3.63, 3.8) is 0 Å². The number of fused-ring (bicyclic) bond motifs is 2. The van der Waals surface area contributed by atoms with Gasteiger partial charge in [-0.05, 0) is 71.8 Å². The average Bonchev–Trinajstić information content (AvgIpc) is 2.98. The molecule has 0 aliphatic carbocycles. The van der Waals surface area contributed by atoms with Crippen molar-refractivity contribution in [2.24, 2.45) is 11.7 Å². The Morgan fingerprint density at radius 1 is 1.58 bits per heavy atom. The van der Waals surface area contributed by atoms with Crippen LogP contribution in [-0.2, 0) is 6.54 Å². The maximum absolute atomic E-state index is 6.22. The number of piperidine rings is 1. The van der Waals surface area contributed by atoms with E-state index in [1.165, 1.54) is 41.8 Å². The fraction of sp³-hybridized carbons (Fsp3) is 0.714. The van der Waals surface area contributed by atoms with Crippen LogP contribution >= 0.6 is 27.3 Å². The molecule has 2 N–H and O–H groups in total. The molecule has 2 aliphatic heterocycles. The molecule has 0 amide bonds. The lowest BCUT2D eigenvalue weighted by Crippen LogP contribution is -2.60. The van der Waals surface area contributed by atoms with Gasteiger partial charge in [-0.2, -0.15) is 0 Å². The molecular weight excluding hydrogens is 322 g/mol. The maximum Gasteiger partial charge on any atom is 0.0701 e. The van der Waals surface area contributed by atoms with Crippen LogP contribution in [0.3, 0.4) is 0 Å². The summed E-state index contributed by atoms with van der Waals surface area (Å²) in [5, 5.41) is 2.24. The van der Waals surface area contributed by atoms with Gasteiger partial charge >= 0.3 is 0 Å². The molecule has 2 aliphatic rings. The Morgan fingerprint density at radius 2 is 2.42 bits per heavy atom. The van der Waals surface area contributed by atoms with Crippen molar-refractivity contribution in [2.45, 2.75) is 24.9 Å². The van der Waals surface area contributed by atoms with Crippen molar-refractivity contribution in [1.29, 1.82) is 0 Å². The molecule has 0 spiro atoms. The molecule has 3 rings (SSSR count). The summed E-state index contributed by atoms with van der Waals surface area (Å²) in [7, 11) is 2.26. The lowest BCUT2D eigenvalue weighted by atomic mass is 9.77. The van der Waals surface area contributed by atoms with Crippen LogP contribution in [0.4, 0.5) is 0 Å². The van der Waals surface area contributed by atoms with Crippen LogP contribution in [0.2, 0.25) is 0 Å². The van der Waals surface area contributed by atoms with E-state index in [0.717, 1.165) is 19.0 Å². The summed E-state index contributed by atoms with van der Waals surface area (Å²) in [5.74, 6) is 0.748. The van der Waals surface area contributed by atoms with Crippen LogP contribution in [0.25, 0.3) is 0 Å². The van der Waals surface area contributed by atoms with Crippen LogP contribution in [-0.4, -0.2) is 48.6 Å². The van der Waals surface area contributed by atoms with Crippen LogP contribution in [0.5, 0.6) is 0 Å². The van der Waals surface area contributed by atoms with Crippen molar-refractivity contribution in [1.82, 2.24) is 9.80 Å². The minimum absolute atomic E-state index is 0.210. The highest BCUT2D eigenvalue weighted by Gasteiger charge is 2.47. The number of rotatable bonds is 4. The monoisotopic (exact) mass is 343 g/mol. The van der Waals surface area contributed by atoms with Gasteiger partial charge in [0.05, 0.1) is 3.79 Å². The van der Waals surface area contributed by atoms with E-state index in [2.05, 4.69) is 44.2 Å². The van der Waals surface area contributed by atoms with E-state index >= 15 is 0 Å². The van der Waals surface area contributed by atoms with Gasteiger partial charge in [-0.1, -0.05) is 0 Å². The lowest BCUT2D eigenvalue weighted by Gasteiger charge is -2.48. The predicted molar refractivity (Wildman–Crippen MR) is 84.4 cm³/mol. The van der Waals surface area contributed by atoms with Gasteiger partial charge in [0.2, 0.25) is 0 Å². The number of halogens is 1. The fourth-order valence-electron chi connectivity index (χ4n) is 3.82. The second-order valence-corrected chi connectivity index (χ2v) is 8.25. The van der Waals surface area contributed by atoms with E-state index in [-0.39, 0.29) is 5.54 Å². The van der Waals surface area contributed by atoms with Gasteiger partial charge in [0, 0.05) is 25.2 Å². The summed E-state index contributed by atoms with van der Waals surface area (Å²) in [5.41, 5.74) is 7.82. The van der Waals surface area contributed by atoms with Crippen LogP contribution < -0.4 is 5.73 Å². The molecule has 2 fully saturated rings. The zero-order chi connectivity index (χ0) is 13.5. The van der Waals surface area contributed by atoms with Gasteiger partial charge in [0.15, 0.2) is 0 Å². The normalized spacial score (nSPS) is 34.1. The fourth-order valence-corrected chi connectivity index (χ4v) is 5.02. The summed E-state index contributed by atoms with van der Waals surface area (Å²) >= 11 is 5.31. The minimum Gasteiger partial charge on any atom is -0.329 e. The Bertz CT molecular complexity index is 450. The standard InChI is InChI=1S/C14H22BrN3S/c1-17(7-11-6-13(15)19-9-11)14(10-16)3-5-18-4-2-12(14)8-18/h6,9,12H,2-5,7-8,10,16H2,1H3. The molecule has 0 saturated carbocycles. The van der Waals surface area contributed by atoms with Crippen molar-refractivity contribution < 1.29 is 0 Å². The van der Waals surface area contributed by atoms with Crippen molar-refractivity contribution >= 4 is 27.3 Å². The molecule has 5 heteroatoms. The Hall–Kier alpha value is 0.0600. The average molecular weight is 344 g/mol. The largest absolute Gasteiger partial charge is 0.329 e. The van der Waals surface area contributed by atoms with E-state index in [1.54, 1.807) is 11.3 Å². The molecule has 3 nitrogen and oxygen atoms in total. The molecule has 3 atom stereocenters. The summed E-state index contributed by atoms with van der Waals surface area (Å²) in [6.45, 7) is 5.52. The smallest absolute Gasteiger partial charge is 0.0701 e. The summed E-state index contributed by atoms with van der Waals surface area (Å²) < 4.78 is 1.22. The summed E-state index contributed by atoms with van der Waals surface area (Å²) in [4.78, 5) is 5.11. The molecule has 19 heavy (non-hydrogen) atoms. The molecule has 2 saturated heterocycles. The van der Waals surface area contributed by atoms with E-state index in [4.69, 9.17) is 5.73 Å². The molecule has 0 aromatic carbocycles. The first-order valence-corrected chi connectivity index (χ1v) is 8.68. The molecular formula is C14H22BrN3S. The quantitative estimate of drug-likeness (QED) is 0.910. The first-order chi connectivity index (χ1) is 9.14. The van der Waals surface area contributed by atoms with Crippen molar-refractivity contribution in [3.8, 4) is 0 Å². The van der Waals surface area contributed by atoms with E-state index in [1.807, 2.05) is 0 Å². The third-order valence-electron chi connectivity index (χ3n) is 5.05. The van der Waals surface area contributed by atoms with Crippen LogP contribution in [0.15, 0.2) is 15.2 Å². The zero-order valence-electron chi connectivity index (χ0n) is 11.4. The molecule has 3 unspecified atom stereocenters. The van der Waals surface area contributed by atoms with E-state index in [9.17, 15) is 0 Å². The number of likely N-dealkylation sites (N-methyl/N-ethyl adjacent to an activating group) is 1. The SMILES string of the molecule is CN(Cc1csc(Br)c1)C1(CN)CCN2CCC1C2. The summed E-state index contributed by atoms with van der Waals surface area (Å²) in [6.07, 6.45) is 2.53. The van der Waals surface area contributed by atoms with Crippen molar-refractivity contribution in [3.05, 3.63) is 20.8 Å². The van der Waals surface area contributed by atoms with Gasteiger partial charge < -0.3 is 10.6 Å². The molecule has 1 aromatic rings. The number of hydrogen-bond donors (Lipinski definition) is 1. The first kappa shape index (κ1) is 14.0. The summed E-state index contributed by atoms with van der Waals surface area (Å²) in [6, 6.07) is 2.23. The highest BCUT2D eigenvalue weighted by atomic mass is 79.9. The number of thiophene rings is 1. The Balaban J connectivity index is 1.77. The topological polar surface area (TPSA) is 32.5 Å². The third-order valence-corrected chi connectivity index (χ3v) is 6.60. The molecule has 3 heterocycles. The maximum atomic E-state index is 6.22. The number of hydrogen-bond acceptors (Lipinski definition) is 4. The Morgan fingerprint density at radius 3 is 3.11 bits per heavy atom. The second-order valence-electron chi connectivity index (χ2n) is 5.96. The lowest BCUT2D eigenvalue weighted by molar-refractivity contribution is 0.0213. The van der Waals surface area contributed by atoms with Gasteiger partial charge in [-0.15, -0.1) is 11.3 Å². The minimum atomic E-state index is 0.210. The third kappa shape index (κ3) is 2.51. The van der Waals surface area contributed by atoms with Gasteiger partial charge in [-0.25, -0.2) is 0 Å². The molecule has 106 valence electrons. The molecule has 2 bridgehead atoms. The molecule has 1 aromatic heterocycles. The predicted octanol–water partition coefficient (Wildman–Crippen LogP) is 2.37. The zero-order valence-corrected chi connectivity index (χ0v) is 13.8. The first-order valence-electron chi connectivity index (χ1n) is 7.00. The van der Waals surface area contributed by atoms with Gasteiger partial charge in [-0.3, -0.25) is 4.90 Å². The van der Waals surface area contributed by atoms with E-state index in [0.29, 0.717) is 0 Å². The second kappa shape index (κ2) is 5.45. The molecule has 0 radical (unpaired) electrons. The van der Waals surface area contributed by atoms with E-state index < -0.39 is 0 Å². The Labute approximate surface area is 127 Å². The Kier molecular flexibility index (Phi) is 4.02. The van der Waals surface area contributed by atoms with Crippen molar-refractivity contribution in [2.75, 3.05) is 33.2 Å². The highest BCUT2D eigenvalue weighted by molar-refractivity contribution is 9.11. The van der Waals surface area contributed by atoms with Crippen LogP contribution in [0.1, 0.15) is 18.4 Å². The highest BCUT2D eigenvalue weighted by Crippen LogP contribution is 2.39. The van der Waals surface area contributed by atoms with Gasteiger partial charge in [0.1, 0.15) is 0 Å². The number of nitrogens with two attached hydrogens (primary N) is 1. The van der Waals surface area contributed by atoms with Gasteiger partial charge in [0.25, 0.3) is 0 Å². The van der Waals surface area contributed by atoms with Crippen LogP contribution in [0, 0.1) is 5.92 Å². The number of nitrogens with zero attached hydrogens (tertiary/aromatic N) is 2.